The van der Waals surface area contributed by atoms with E-state index in [1.807, 2.05) is 0 Å². The number of ether oxygens (including phenoxy) is 1. The van der Waals surface area contributed by atoms with E-state index >= 15 is 0 Å². The van der Waals surface area contributed by atoms with E-state index < -0.39 is 21.8 Å². The summed E-state index contributed by atoms with van der Waals surface area (Å²) in [7, 11) is -2.34. The van der Waals surface area contributed by atoms with E-state index in [-0.39, 0.29) is 34.0 Å². The molecule has 4 rings (SSSR count). The van der Waals surface area contributed by atoms with E-state index in [1.165, 1.54) is 35.9 Å². The summed E-state index contributed by atoms with van der Waals surface area (Å²) in [6.07, 6.45) is 4.13. The first-order valence-electron chi connectivity index (χ1n) is 11.3. The molecule has 35 heavy (non-hydrogen) atoms. The fourth-order valence-corrected chi connectivity index (χ4v) is 5.48. The molecule has 0 bridgehead atoms. The molecule has 2 heterocycles. The maximum absolute atomic E-state index is 13.2. The maximum atomic E-state index is 13.2. The second kappa shape index (κ2) is 10.7. The van der Waals surface area contributed by atoms with Crippen molar-refractivity contribution in [3.05, 3.63) is 77.7 Å². The van der Waals surface area contributed by atoms with Gasteiger partial charge in [-0.1, -0.05) is 18.6 Å². The Balaban J connectivity index is 1.57. The van der Waals surface area contributed by atoms with Crippen molar-refractivity contribution in [3.8, 4) is 5.75 Å². The highest BCUT2D eigenvalue weighted by atomic mass is 32.2. The largest absolute Gasteiger partial charge is 0.496 e. The predicted octanol–water partition coefficient (Wildman–Crippen LogP) is 3.65. The lowest BCUT2D eigenvalue weighted by atomic mass is 10.1. The van der Waals surface area contributed by atoms with Crippen LogP contribution in [0.25, 0.3) is 0 Å². The summed E-state index contributed by atoms with van der Waals surface area (Å²) in [6.45, 7) is 1.10. The molecule has 1 aliphatic heterocycles. The van der Waals surface area contributed by atoms with Crippen LogP contribution in [-0.2, 0) is 16.6 Å². The normalized spacial score (nSPS) is 14.3. The molecule has 0 unspecified atom stereocenters. The van der Waals surface area contributed by atoms with Crippen LogP contribution in [0, 0.1) is 0 Å². The van der Waals surface area contributed by atoms with Crippen molar-refractivity contribution in [2.45, 2.75) is 30.7 Å². The van der Waals surface area contributed by atoms with Gasteiger partial charge in [0.2, 0.25) is 10.0 Å². The van der Waals surface area contributed by atoms with Crippen LogP contribution in [0.2, 0.25) is 0 Å². The Morgan fingerprint density at radius 2 is 1.74 bits per heavy atom. The number of nitrogens with one attached hydrogen (secondary N) is 2. The molecule has 3 aromatic rings. The fraction of sp³-hybridized carbons (Fsp3) is 0.280. The first-order chi connectivity index (χ1) is 16.9. The molecule has 0 spiro atoms. The molecule has 1 saturated heterocycles. The number of nitrogens with zero attached hydrogens (tertiary/aromatic N) is 1. The van der Waals surface area contributed by atoms with Gasteiger partial charge in [0.05, 0.1) is 41.6 Å². The molecular formula is C25H27N3O6S. The van der Waals surface area contributed by atoms with Gasteiger partial charge in [-0.2, -0.15) is 4.31 Å². The number of hydrogen-bond donors (Lipinski definition) is 2. The number of piperidine rings is 1. The zero-order valence-corrected chi connectivity index (χ0v) is 20.1. The molecule has 0 aliphatic carbocycles. The molecule has 2 amide bonds. The minimum absolute atomic E-state index is 0.0230. The van der Waals surface area contributed by atoms with E-state index in [0.717, 1.165) is 19.3 Å². The number of carbonyl (C=O) groups is 2. The second-order valence-electron chi connectivity index (χ2n) is 8.09. The van der Waals surface area contributed by atoms with Gasteiger partial charge in [-0.25, -0.2) is 8.42 Å². The molecule has 1 fully saturated rings. The number of furan rings is 1. The molecule has 2 aromatic carbocycles. The Morgan fingerprint density at radius 3 is 2.46 bits per heavy atom. The standard InChI is InChI=1S/C25H27N3O6S/c1-33-23-12-11-19(35(31,32)28-13-5-2-6-14-28)16-21(23)25(30)27-22-10-4-3-9-20(22)24(29)26-17-18-8-7-15-34-18/h3-4,7-12,15-16H,2,5-6,13-14,17H2,1H3,(H,26,29)(H,27,30). The van der Waals surface area contributed by atoms with Crippen LogP contribution in [0.1, 0.15) is 45.7 Å². The van der Waals surface area contributed by atoms with Crippen LogP contribution in [0.15, 0.2) is 70.2 Å². The van der Waals surface area contributed by atoms with Gasteiger partial charge in [-0.05, 0) is 55.3 Å². The number of amides is 2. The summed E-state index contributed by atoms with van der Waals surface area (Å²) in [5.74, 6) is -0.175. The minimum Gasteiger partial charge on any atom is -0.496 e. The average Bonchev–Trinajstić information content (AvgIpc) is 3.41. The van der Waals surface area contributed by atoms with Crippen LogP contribution in [0.4, 0.5) is 5.69 Å². The highest BCUT2D eigenvalue weighted by Gasteiger charge is 2.28. The quantitative estimate of drug-likeness (QED) is 0.491. The Bertz CT molecular complexity index is 1300. The smallest absolute Gasteiger partial charge is 0.259 e. The van der Waals surface area contributed by atoms with Gasteiger partial charge >= 0.3 is 0 Å². The second-order valence-corrected chi connectivity index (χ2v) is 10.0. The Morgan fingerprint density at radius 1 is 0.971 bits per heavy atom. The monoisotopic (exact) mass is 497 g/mol. The number of anilines is 1. The topological polar surface area (TPSA) is 118 Å². The molecule has 0 radical (unpaired) electrons. The third-order valence-electron chi connectivity index (χ3n) is 5.79. The summed E-state index contributed by atoms with van der Waals surface area (Å²) in [6, 6.07) is 14.2. The summed E-state index contributed by atoms with van der Waals surface area (Å²) >= 11 is 0. The van der Waals surface area contributed by atoms with Gasteiger partial charge in [0.25, 0.3) is 11.8 Å². The molecule has 10 heteroatoms. The molecule has 1 aromatic heterocycles. The van der Waals surface area contributed by atoms with Gasteiger partial charge in [-0.3, -0.25) is 9.59 Å². The van der Waals surface area contributed by atoms with Crippen LogP contribution < -0.4 is 15.4 Å². The number of sulfonamides is 1. The van der Waals surface area contributed by atoms with Gasteiger partial charge in [0.15, 0.2) is 0 Å². The fourth-order valence-electron chi connectivity index (χ4n) is 3.93. The number of benzene rings is 2. The van der Waals surface area contributed by atoms with Gasteiger partial charge in [-0.15, -0.1) is 0 Å². The van der Waals surface area contributed by atoms with Crippen molar-refractivity contribution in [1.82, 2.24) is 9.62 Å². The molecule has 184 valence electrons. The van der Waals surface area contributed by atoms with Crippen molar-refractivity contribution in [2.24, 2.45) is 0 Å². The number of rotatable bonds is 8. The average molecular weight is 498 g/mol. The summed E-state index contributed by atoms with van der Waals surface area (Å²) in [5, 5.41) is 5.47. The van der Waals surface area contributed by atoms with Crippen molar-refractivity contribution in [2.75, 3.05) is 25.5 Å². The van der Waals surface area contributed by atoms with E-state index in [9.17, 15) is 18.0 Å². The highest BCUT2D eigenvalue weighted by molar-refractivity contribution is 7.89. The van der Waals surface area contributed by atoms with Crippen molar-refractivity contribution >= 4 is 27.5 Å². The van der Waals surface area contributed by atoms with Crippen molar-refractivity contribution in [3.63, 3.8) is 0 Å². The lowest BCUT2D eigenvalue weighted by Crippen LogP contribution is -2.35. The third-order valence-corrected chi connectivity index (χ3v) is 7.69. The van der Waals surface area contributed by atoms with E-state index in [1.54, 1.807) is 36.4 Å². The molecule has 1 aliphatic rings. The Labute approximate surface area is 204 Å². The molecular weight excluding hydrogens is 470 g/mol. The summed E-state index contributed by atoms with van der Waals surface area (Å²) in [5.41, 5.74) is 0.584. The third kappa shape index (κ3) is 5.55. The SMILES string of the molecule is COc1ccc(S(=O)(=O)N2CCCCC2)cc1C(=O)Nc1ccccc1C(=O)NCc1ccco1. The first kappa shape index (κ1) is 24.5. The van der Waals surface area contributed by atoms with Crippen LogP contribution in [0.3, 0.4) is 0 Å². The molecule has 2 N–H and O–H groups in total. The van der Waals surface area contributed by atoms with E-state index in [2.05, 4.69) is 10.6 Å². The van der Waals surface area contributed by atoms with Crippen LogP contribution in [0.5, 0.6) is 5.75 Å². The van der Waals surface area contributed by atoms with Gasteiger partial charge in [0.1, 0.15) is 11.5 Å². The Hall–Kier alpha value is -3.63. The lowest BCUT2D eigenvalue weighted by molar-refractivity contribution is 0.0949. The van der Waals surface area contributed by atoms with Gasteiger partial charge < -0.3 is 19.8 Å². The van der Waals surface area contributed by atoms with Crippen LogP contribution in [-0.4, -0.2) is 44.7 Å². The molecule has 9 nitrogen and oxygen atoms in total. The number of carbonyl (C=O) groups excluding carboxylic acids is 2. The number of para-hydroxylation sites is 1. The predicted molar refractivity (Wildman–Crippen MR) is 130 cm³/mol. The highest BCUT2D eigenvalue weighted by Crippen LogP contribution is 2.27. The van der Waals surface area contributed by atoms with Gasteiger partial charge in [0, 0.05) is 13.1 Å². The first-order valence-corrected chi connectivity index (χ1v) is 12.7. The number of hydrogen-bond acceptors (Lipinski definition) is 6. The van der Waals surface area contributed by atoms with E-state index in [4.69, 9.17) is 9.15 Å². The summed E-state index contributed by atoms with van der Waals surface area (Å²) < 4.78 is 38.2. The zero-order valence-electron chi connectivity index (χ0n) is 19.3. The minimum atomic E-state index is -3.74. The zero-order chi connectivity index (χ0) is 24.8. The van der Waals surface area contributed by atoms with Crippen molar-refractivity contribution < 1.29 is 27.2 Å². The van der Waals surface area contributed by atoms with E-state index in [0.29, 0.717) is 18.8 Å². The molecule has 0 saturated carbocycles. The molecule has 0 atom stereocenters. The maximum Gasteiger partial charge on any atom is 0.259 e. The Kier molecular flexibility index (Phi) is 7.52. The summed E-state index contributed by atoms with van der Waals surface area (Å²) in [4.78, 5) is 26.0. The van der Waals surface area contributed by atoms with Crippen molar-refractivity contribution in [1.29, 1.82) is 0 Å². The number of methoxy groups -OCH3 is 1. The lowest BCUT2D eigenvalue weighted by Gasteiger charge is -2.26. The van der Waals surface area contributed by atoms with Crippen LogP contribution >= 0.6 is 0 Å².